The highest BCUT2D eigenvalue weighted by Crippen LogP contribution is 2.18. The largest absolute Gasteiger partial charge is 0.758 e. The van der Waals surface area contributed by atoms with Crippen molar-refractivity contribution in [2.45, 2.75) is 19.7 Å². The number of hydroxylamine groups is 1. The van der Waals surface area contributed by atoms with Crippen LogP contribution in [-0.4, -0.2) is 26.1 Å². The van der Waals surface area contributed by atoms with E-state index in [4.69, 9.17) is 0 Å². The van der Waals surface area contributed by atoms with Crippen molar-refractivity contribution in [2.75, 3.05) is 6.54 Å². The molecule has 0 aliphatic rings. The Hall–Kier alpha value is -0.180. The van der Waals surface area contributed by atoms with E-state index in [1.807, 2.05) is 0 Å². The standard InChI is InChI=1S/C4H8F3NO3S/c1-2-3-8(12(9)10)11-4(5,6)7/h2-3H2,1H3,(H,9,10)/p-1. The summed E-state index contributed by atoms with van der Waals surface area (Å²) in [6.45, 7) is 1.20. The number of alkyl halides is 3. The molecule has 0 aliphatic carbocycles. The molecule has 0 amide bonds. The van der Waals surface area contributed by atoms with Crippen LogP contribution < -0.4 is 0 Å². The molecule has 0 aromatic carbocycles. The second-order valence-corrected chi connectivity index (χ2v) is 2.65. The molecule has 4 nitrogen and oxygen atoms in total. The topological polar surface area (TPSA) is 52.6 Å². The lowest BCUT2D eigenvalue weighted by atomic mass is 10.5. The molecule has 0 N–H and O–H groups in total. The second-order valence-electron chi connectivity index (χ2n) is 1.81. The predicted molar refractivity (Wildman–Crippen MR) is 33.1 cm³/mol. The molecule has 1 atom stereocenters. The molecule has 0 aliphatic heterocycles. The maximum absolute atomic E-state index is 11.5. The Balaban J connectivity index is 4.05. The lowest BCUT2D eigenvalue weighted by Crippen LogP contribution is -2.33. The van der Waals surface area contributed by atoms with Crippen LogP contribution in [0.5, 0.6) is 0 Å². The summed E-state index contributed by atoms with van der Waals surface area (Å²) in [4.78, 5) is 3.16. The number of rotatable bonds is 4. The van der Waals surface area contributed by atoms with Gasteiger partial charge in [0, 0.05) is 17.8 Å². The minimum Gasteiger partial charge on any atom is -0.758 e. The second kappa shape index (κ2) is 4.75. The van der Waals surface area contributed by atoms with Crippen molar-refractivity contribution in [3.8, 4) is 0 Å². The van der Waals surface area contributed by atoms with Gasteiger partial charge in [0.1, 0.15) is 0 Å². The third kappa shape index (κ3) is 5.47. The van der Waals surface area contributed by atoms with Crippen LogP contribution in [0.1, 0.15) is 13.3 Å². The highest BCUT2D eigenvalue weighted by molar-refractivity contribution is 7.76. The molecule has 0 rings (SSSR count). The van der Waals surface area contributed by atoms with Gasteiger partial charge in [0.25, 0.3) is 0 Å². The van der Waals surface area contributed by atoms with E-state index >= 15 is 0 Å². The van der Waals surface area contributed by atoms with Crippen LogP contribution in [-0.2, 0) is 16.1 Å². The van der Waals surface area contributed by atoms with Crippen molar-refractivity contribution in [1.82, 2.24) is 4.47 Å². The molecule has 74 valence electrons. The van der Waals surface area contributed by atoms with E-state index in [0.717, 1.165) is 0 Å². The molecule has 0 heterocycles. The van der Waals surface area contributed by atoms with Gasteiger partial charge in [0.05, 0.1) is 0 Å². The summed E-state index contributed by atoms with van der Waals surface area (Å²) in [7, 11) is 0. The summed E-state index contributed by atoms with van der Waals surface area (Å²) in [6.07, 6.45) is -4.72. The maximum atomic E-state index is 11.5. The number of halogens is 3. The van der Waals surface area contributed by atoms with Gasteiger partial charge in [-0.15, -0.1) is 17.6 Å². The van der Waals surface area contributed by atoms with Crippen molar-refractivity contribution in [3.05, 3.63) is 0 Å². The molecule has 1 unspecified atom stereocenters. The van der Waals surface area contributed by atoms with E-state index in [1.165, 1.54) is 6.92 Å². The van der Waals surface area contributed by atoms with Crippen molar-refractivity contribution < 1.29 is 26.8 Å². The van der Waals surface area contributed by atoms with E-state index < -0.39 is 17.6 Å². The van der Waals surface area contributed by atoms with E-state index in [9.17, 15) is 21.9 Å². The van der Waals surface area contributed by atoms with E-state index in [-0.39, 0.29) is 17.4 Å². The minimum atomic E-state index is -4.96. The number of nitrogens with zero attached hydrogens (tertiary/aromatic N) is 1. The van der Waals surface area contributed by atoms with Gasteiger partial charge < -0.3 is 4.55 Å². The van der Waals surface area contributed by atoms with E-state index in [0.29, 0.717) is 0 Å². The van der Waals surface area contributed by atoms with Crippen molar-refractivity contribution >= 4 is 11.3 Å². The van der Waals surface area contributed by atoms with Crippen LogP contribution >= 0.6 is 0 Å². The SMILES string of the molecule is CCCN(OC(F)(F)F)S(=O)[O-]. The van der Waals surface area contributed by atoms with Gasteiger partial charge in [0.2, 0.25) is 0 Å². The molecule has 8 heteroatoms. The maximum Gasteiger partial charge on any atom is 0.540 e. The Bertz CT molecular complexity index is 162. The van der Waals surface area contributed by atoms with Gasteiger partial charge in [-0.3, -0.25) is 4.21 Å². The van der Waals surface area contributed by atoms with Gasteiger partial charge >= 0.3 is 6.36 Å². The third-order valence-electron chi connectivity index (χ3n) is 0.778. The summed E-state index contributed by atoms with van der Waals surface area (Å²) in [5.41, 5.74) is 0. The molecule has 0 aromatic heterocycles. The predicted octanol–water partition coefficient (Wildman–Crippen LogP) is 0.944. The first-order valence-electron chi connectivity index (χ1n) is 2.99. The summed E-state index contributed by atoms with van der Waals surface area (Å²) in [6, 6.07) is 0. The summed E-state index contributed by atoms with van der Waals surface area (Å²) < 4.78 is 54.3. The van der Waals surface area contributed by atoms with Gasteiger partial charge in [-0.05, 0) is 6.42 Å². The van der Waals surface area contributed by atoms with E-state index in [2.05, 4.69) is 4.84 Å². The zero-order valence-corrected chi connectivity index (χ0v) is 6.94. The fraction of sp³-hybridized carbons (Fsp3) is 1.00. The number of hydrogen-bond donors (Lipinski definition) is 0. The first-order valence-corrected chi connectivity index (χ1v) is 4.02. The molecular formula is C4H7F3NO3S-. The van der Waals surface area contributed by atoms with E-state index in [1.54, 1.807) is 0 Å². The molecule has 0 bridgehead atoms. The van der Waals surface area contributed by atoms with Gasteiger partial charge in [-0.2, -0.15) is 4.84 Å². The molecular weight excluding hydrogens is 199 g/mol. The minimum absolute atomic E-state index is 0.153. The summed E-state index contributed by atoms with van der Waals surface area (Å²) >= 11 is -3.01. The smallest absolute Gasteiger partial charge is 0.540 e. The molecule has 12 heavy (non-hydrogen) atoms. The highest BCUT2D eigenvalue weighted by atomic mass is 32.2. The molecule has 0 saturated carbocycles. The van der Waals surface area contributed by atoms with Crippen molar-refractivity contribution in [2.24, 2.45) is 0 Å². The van der Waals surface area contributed by atoms with Crippen LogP contribution in [0.25, 0.3) is 0 Å². The average molecular weight is 206 g/mol. The fourth-order valence-electron chi connectivity index (χ4n) is 0.449. The first-order chi connectivity index (χ1) is 5.37. The molecule has 0 aromatic rings. The highest BCUT2D eigenvalue weighted by Gasteiger charge is 2.33. The molecule has 0 radical (unpaired) electrons. The third-order valence-corrected chi connectivity index (χ3v) is 1.37. The Labute approximate surface area is 69.7 Å². The zero-order valence-electron chi connectivity index (χ0n) is 6.13. The fourth-order valence-corrected chi connectivity index (χ4v) is 0.926. The molecule has 0 fully saturated rings. The lowest BCUT2D eigenvalue weighted by Gasteiger charge is -2.23. The summed E-state index contributed by atoms with van der Waals surface area (Å²) in [5.74, 6) is 0. The van der Waals surface area contributed by atoms with Crippen LogP contribution in [0.4, 0.5) is 13.2 Å². The van der Waals surface area contributed by atoms with Crippen molar-refractivity contribution in [3.63, 3.8) is 0 Å². The average Bonchev–Trinajstić information content (AvgIpc) is 1.83. The van der Waals surface area contributed by atoms with Gasteiger partial charge in [-0.1, -0.05) is 6.92 Å². The van der Waals surface area contributed by atoms with Crippen LogP contribution in [0.3, 0.4) is 0 Å². The molecule has 0 spiro atoms. The Kier molecular flexibility index (Phi) is 4.68. The Morgan fingerprint density at radius 3 is 2.33 bits per heavy atom. The number of hydrogen-bond acceptors (Lipinski definition) is 3. The first kappa shape index (κ1) is 11.8. The zero-order chi connectivity index (χ0) is 9.78. The quantitative estimate of drug-likeness (QED) is 0.508. The Morgan fingerprint density at radius 1 is 1.58 bits per heavy atom. The normalized spacial score (nSPS) is 15.2. The lowest BCUT2D eigenvalue weighted by molar-refractivity contribution is -0.390. The van der Waals surface area contributed by atoms with Gasteiger partial charge in [-0.25, -0.2) is 0 Å². The van der Waals surface area contributed by atoms with Gasteiger partial charge in [0.15, 0.2) is 0 Å². The van der Waals surface area contributed by atoms with Crippen LogP contribution in [0.2, 0.25) is 0 Å². The monoisotopic (exact) mass is 206 g/mol. The molecule has 0 saturated heterocycles. The summed E-state index contributed by atoms with van der Waals surface area (Å²) in [5, 5.41) is 0. The Morgan fingerprint density at radius 2 is 2.08 bits per heavy atom. The van der Waals surface area contributed by atoms with Crippen LogP contribution in [0, 0.1) is 0 Å². The van der Waals surface area contributed by atoms with Crippen molar-refractivity contribution in [1.29, 1.82) is 0 Å². The van der Waals surface area contributed by atoms with Crippen LogP contribution in [0.15, 0.2) is 0 Å².